The van der Waals surface area contributed by atoms with Gasteiger partial charge in [0.1, 0.15) is 0 Å². The van der Waals surface area contributed by atoms with Crippen molar-refractivity contribution < 1.29 is 4.74 Å². The molecule has 0 heterocycles. The van der Waals surface area contributed by atoms with Crippen molar-refractivity contribution in [1.82, 2.24) is 0 Å². The van der Waals surface area contributed by atoms with E-state index in [1.54, 1.807) is 0 Å². The summed E-state index contributed by atoms with van der Waals surface area (Å²) >= 11 is 0. The molecule has 1 fully saturated rings. The van der Waals surface area contributed by atoms with Crippen LogP contribution in [0.15, 0.2) is 60.7 Å². The zero-order chi connectivity index (χ0) is 23.8. The molecule has 0 unspecified atom stereocenters. The Bertz CT molecular complexity index is 793. The molecule has 2 aromatic rings. The van der Waals surface area contributed by atoms with E-state index in [1.807, 2.05) is 0 Å². The maximum absolute atomic E-state index is 5.78. The van der Waals surface area contributed by atoms with Crippen LogP contribution in [0.1, 0.15) is 100 Å². The SMILES string of the molecule is C/C=C\[C@H]1CC[C@H](CCCCc2ccc(CCc3ccc(COCCCCC)cc3)cc2)CC1. The molecular weight excluding hydrogens is 412 g/mol. The summed E-state index contributed by atoms with van der Waals surface area (Å²) in [5, 5.41) is 0. The molecule has 1 nitrogen and oxygen atoms in total. The molecule has 0 atom stereocenters. The highest BCUT2D eigenvalue weighted by atomic mass is 16.5. The summed E-state index contributed by atoms with van der Waals surface area (Å²) in [7, 11) is 0. The number of allylic oxidation sites excluding steroid dienone is 2. The lowest BCUT2D eigenvalue weighted by molar-refractivity contribution is 0.117. The number of hydrogen-bond acceptors (Lipinski definition) is 1. The Labute approximate surface area is 210 Å². The van der Waals surface area contributed by atoms with Crippen LogP contribution in [0, 0.1) is 11.8 Å². The van der Waals surface area contributed by atoms with Gasteiger partial charge in [-0.2, -0.15) is 0 Å². The monoisotopic (exact) mass is 460 g/mol. The smallest absolute Gasteiger partial charge is 0.0716 e. The van der Waals surface area contributed by atoms with E-state index in [2.05, 4.69) is 74.5 Å². The third-order valence-electron chi connectivity index (χ3n) is 7.59. The van der Waals surface area contributed by atoms with Crippen LogP contribution in [-0.2, 0) is 30.6 Å². The van der Waals surface area contributed by atoms with Gasteiger partial charge in [-0.25, -0.2) is 0 Å². The van der Waals surface area contributed by atoms with Crippen molar-refractivity contribution in [1.29, 1.82) is 0 Å². The second kappa shape index (κ2) is 15.9. The number of unbranched alkanes of at least 4 members (excludes halogenated alkanes) is 3. The Morgan fingerprint density at radius 3 is 1.88 bits per heavy atom. The average Bonchev–Trinajstić information content (AvgIpc) is 2.88. The summed E-state index contributed by atoms with van der Waals surface area (Å²) in [4.78, 5) is 0. The lowest BCUT2D eigenvalue weighted by Crippen LogP contribution is -2.13. The Hall–Kier alpha value is -1.86. The molecule has 0 N–H and O–H groups in total. The minimum absolute atomic E-state index is 0.739. The number of hydrogen-bond donors (Lipinski definition) is 0. The van der Waals surface area contributed by atoms with Crippen molar-refractivity contribution in [3.05, 3.63) is 82.9 Å². The summed E-state index contributed by atoms with van der Waals surface area (Å²) in [6.07, 6.45) is 21.7. The van der Waals surface area contributed by atoms with Crippen LogP contribution in [0.5, 0.6) is 0 Å². The topological polar surface area (TPSA) is 9.23 Å². The van der Waals surface area contributed by atoms with Gasteiger partial charge in [-0.05, 0) is 98.8 Å². The molecular formula is C33H48O. The molecule has 2 aromatic carbocycles. The fraction of sp³-hybridized carbons (Fsp3) is 0.576. The third kappa shape index (κ3) is 10.2. The maximum atomic E-state index is 5.78. The Morgan fingerprint density at radius 2 is 1.29 bits per heavy atom. The zero-order valence-electron chi connectivity index (χ0n) is 21.9. The van der Waals surface area contributed by atoms with Gasteiger partial charge in [-0.15, -0.1) is 0 Å². The summed E-state index contributed by atoms with van der Waals surface area (Å²) in [6, 6.07) is 18.4. The Balaban J connectivity index is 1.28. The van der Waals surface area contributed by atoms with Gasteiger partial charge in [0.15, 0.2) is 0 Å². The summed E-state index contributed by atoms with van der Waals surface area (Å²) < 4.78 is 5.78. The molecule has 0 saturated heterocycles. The highest BCUT2D eigenvalue weighted by Gasteiger charge is 2.18. The van der Waals surface area contributed by atoms with Crippen molar-refractivity contribution in [2.45, 2.75) is 104 Å². The first-order valence-electron chi connectivity index (χ1n) is 14.1. The molecule has 0 aromatic heterocycles. The molecule has 1 heteroatoms. The summed E-state index contributed by atoms with van der Waals surface area (Å²) in [5.74, 6) is 1.84. The van der Waals surface area contributed by atoms with Gasteiger partial charge in [-0.1, -0.05) is 93.3 Å². The van der Waals surface area contributed by atoms with E-state index in [9.17, 15) is 0 Å². The number of aryl methyl sites for hydroxylation is 3. The standard InChI is InChI=1S/C33H48O/c1-3-5-8-26-34-27-33-24-22-32(23-25-33)21-20-31-18-16-30(17-19-31)11-7-6-10-29-14-12-28(9-4-2)13-15-29/h4,9,16-19,22-25,28-29H,3,5-8,10-15,20-21,26-27H2,1-2H3/b9-4-/t28-,29-. The van der Waals surface area contributed by atoms with Gasteiger partial charge in [-0.3, -0.25) is 0 Å². The lowest BCUT2D eigenvalue weighted by Gasteiger charge is -2.26. The first-order valence-corrected chi connectivity index (χ1v) is 14.1. The largest absolute Gasteiger partial charge is 0.377 e. The van der Waals surface area contributed by atoms with E-state index in [0.717, 1.165) is 37.9 Å². The molecule has 34 heavy (non-hydrogen) atoms. The van der Waals surface area contributed by atoms with Crippen molar-refractivity contribution in [2.24, 2.45) is 11.8 Å². The molecule has 3 rings (SSSR count). The van der Waals surface area contributed by atoms with Gasteiger partial charge in [0.25, 0.3) is 0 Å². The maximum Gasteiger partial charge on any atom is 0.0716 e. The third-order valence-corrected chi connectivity index (χ3v) is 7.59. The van der Waals surface area contributed by atoms with Crippen LogP contribution in [0.3, 0.4) is 0 Å². The normalized spacial score (nSPS) is 18.5. The van der Waals surface area contributed by atoms with Crippen molar-refractivity contribution in [2.75, 3.05) is 6.61 Å². The predicted octanol–water partition coefficient (Wildman–Crippen LogP) is 9.27. The molecule has 1 aliphatic rings. The number of ether oxygens (including phenoxy) is 1. The van der Waals surface area contributed by atoms with Crippen LogP contribution < -0.4 is 0 Å². The van der Waals surface area contributed by atoms with Crippen LogP contribution >= 0.6 is 0 Å². The van der Waals surface area contributed by atoms with E-state index < -0.39 is 0 Å². The highest BCUT2D eigenvalue weighted by Crippen LogP contribution is 2.32. The highest BCUT2D eigenvalue weighted by molar-refractivity contribution is 5.26. The van der Waals surface area contributed by atoms with Crippen molar-refractivity contribution >= 4 is 0 Å². The number of benzene rings is 2. The van der Waals surface area contributed by atoms with Crippen LogP contribution in [0.2, 0.25) is 0 Å². The van der Waals surface area contributed by atoms with E-state index in [-0.39, 0.29) is 0 Å². The van der Waals surface area contributed by atoms with Gasteiger partial charge < -0.3 is 4.74 Å². The summed E-state index contributed by atoms with van der Waals surface area (Å²) in [5.41, 5.74) is 5.65. The fourth-order valence-electron chi connectivity index (χ4n) is 5.31. The average molecular weight is 461 g/mol. The fourth-order valence-corrected chi connectivity index (χ4v) is 5.31. The van der Waals surface area contributed by atoms with E-state index in [0.29, 0.717) is 0 Å². The molecule has 0 aliphatic heterocycles. The first kappa shape index (κ1) is 26.7. The molecule has 0 bridgehead atoms. The molecule has 1 aliphatic carbocycles. The van der Waals surface area contributed by atoms with Gasteiger partial charge in [0, 0.05) is 6.61 Å². The van der Waals surface area contributed by atoms with E-state index in [4.69, 9.17) is 4.74 Å². The molecule has 186 valence electrons. The van der Waals surface area contributed by atoms with Crippen LogP contribution in [0.25, 0.3) is 0 Å². The number of rotatable bonds is 15. The minimum Gasteiger partial charge on any atom is -0.377 e. The Kier molecular flexibility index (Phi) is 12.5. The second-order valence-corrected chi connectivity index (χ2v) is 10.4. The van der Waals surface area contributed by atoms with Gasteiger partial charge in [0.05, 0.1) is 6.61 Å². The van der Waals surface area contributed by atoms with Crippen LogP contribution in [0.4, 0.5) is 0 Å². The van der Waals surface area contributed by atoms with E-state index >= 15 is 0 Å². The Morgan fingerprint density at radius 1 is 0.706 bits per heavy atom. The quantitative estimate of drug-likeness (QED) is 0.190. The molecule has 0 radical (unpaired) electrons. The first-order chi connectivity index (χ1) is 16.8. The zero-order valence-corrected chi connectivity index (χ0v) is 21.9. The van der Waals surface area contributed by atoms with Crippen molar-refractivity contribution in [3.63, 3.8) is 0 Å². The second-order valence-electron chi connectivity index (χ2n) is 10.4. The van der Waals surface area contributed by atoms with Gasteiger partial charge in [0.2, 0.25) is 0 Å². The minimum atomic E-state index is 0.739. The molecule has 1 saturated carbocycles. The molecule has 0 amide bonds. The van der Waals surface area contributed by atoms with Gasteiger partial charge >= 0.3 is 0 Å². The molecule has 0 spiro atoms. The van der Waals surface area contributed by atoms with Crippen LogP contribution in [-0.4, -0.2) is 6.61 Å². The van der Waals surface area contributed by atoms with Crippen molar-refractivity contribution in [3.8, 4) is 0 Å². The summed E-state index contributed by atoms with van der Waals surface area (Å²) in [6.45, 7) is 6.00. The van der Waals surface area contributed by atoms with E-state index in [1.165, 1.54) is 92.9 Å². The lowest BCUT2D eigenvalue weighted by atomic mass is 9.79. The predicted molar refractivity (Wildman–Crippen MR) is 147 cm³/mol.